The largest absolute Gasteiger partial charge is 0.477 e. The van der Waals surface area contributed by atoms with E-state index < -0.39 is 17.7 Å². The number of nitrogens with zero attached hydrogens (tertiary/aromatic N) is 1. The van der Waals surface area contributed by atoms with Gasteiger partial charge in [0.05, 0.1) is 0 Å². The minimum atomic E-state index is -1.06. The van der Waals surface area contributed by atoms with Crippen molar-refractivity contribution in [3.8, 4) is 11.1 Å². The first-order valence-corrected chi connectivity index (χ1v) is 11.8. The van der Waals surface area contributed by atoms with Gasteiger partial charge in [-0.15, -0.1) is 0 Å². The zero-order valence-corrected chi connectivity index (χ0v) is 20.8. The van der Waals surface area contributed by atoms with E-state index in [1.807, 2.05) is 18.2 Å². The molecule has 0 spiro atoms. The summed E-state index contributed by atoms with van der Waals surface area (Å²) in [6, 6.07) is 15.8. The number of rotatable bonds is 7. The topological polar surface area (TPSA) is 133 Å². The molecule has 0 unspecified atom stereocenters. The molecule has 2 amide bonds. The van der Waals surface area contributed by atoms with Gasteiger partial charge in [-0.3, -0.25) is 9.78 Å². The van der Waals surface area contributed by atoms with Crippen molar-refractivity contribution in [2.45, 2.75) is 32.8 Å². The van der Waals surface area contributed by atoms with Crippen molar-refractivity contribution in [2.24, 2.45) is 0 Å². The lowest BCUT2D eigenvalue weighted by Gasteiger charge is -2.20. The molecule has 0 aliphatic rings. The molecule has 0 fully saturated rings. The number of alkyl carbamates (subject to hydrolysis) is 1. The number of H-pyrrole nitrogens is 1. The molecule has 0 saturated heterocycles. The van der Waals surface area contributed by atoms with Crippen LogP contribution in [0.4, 0.5) is 10.5 Å². The first kappa shape index (κ1) is 25.4. The lowest BCUT2D eigenvalue weighted by Crippen LogP contribution is -2.33. The van der Waals surface area contributed by atoms with Crippen LogP contribution in [0.3, 0.4) is 0 Å². The van der Waals surface area contributed by atoms with E-state index in [1.54, 1.807) is 69.6 Å². The normalized spacial score (nSPS) is 11.2. The molecule has 2 heterocycles. The van der Waals surface area contributed by atoms with Gasteiger partial charge in [0.1, 0.15) is 11.3 Å². The van der Waals surface area contributed by atoms with E-state index in [0.29, 0.717) is 35.1 Å². The van der Waals surface area contributed by atoms with Crippen molar-refractivity contribution in [1.29, 1.82) is 0 Å². The van der Waals surface area contributed by atoms with Crippen molar-refractivity contribution in [1.82, 2.24) is 15.3 Å². The highest BCUT2D eigenvalue weighted by molar-refractivity contribution is 6.06. The van der Waals surface area contributed by atoms with E-state index in [-0.39, 0.29) is 11.6 Å². The van der Waals surface area contributed by atoms with E-state index in [0.717, 1.165) is 16.7 Å². The molecular formula is C28H28N4O5. The Labute approximate surface area is 213 Å². The molecule has 4 N–H and O–H groups in total. The van der Waals surface area contributed by atoms with E-state index in [9.17, 15) is 19.5 Å². The summed E-state index contributed by atoms with van der Waals surface area (Å²) < 4.78 is 5.31. The van der Waals surface area contributed by atoms with Gasteiger partial charge in [0.15, 0.2) is 0 Å². The van der Waals surface area contributed by atoms with Crippen LogP contribution in [0, 0.1) is 0 Å². The molecule has 2 aromatic heterocycles. The number of carboxylic acids is 1. The van der Waals surface area contributed by atoms with Crippen LogP contribution in [0.15, 0.2) is 67.0 Å². The zero-order chi connectivity index (χ0) is 26.6. The maximum Gasteiger partial charge on any atom is 0.407 e. The van der Waals surface area contributed by atoms with Crippen LogP contribution in [-0.2, 0) is 11.2 Å². The van der Waals surface area contributed by atoms with E-state index in [1.165, 1.54) is 0 Å². The lowest BCUT2D eigenvalue weighted by molar-refractivity contribution is 0.0527. The number of nitrogens with one attached hydrogen (secondary N) is 3. The Morgan fingerprint density at radius 1 is 1.00 bits per heavy atom. The molecule has 2 aromatic carbocycles. The van der Waals surface area contributed by atoms with Gasteiger partial charge >= 0.3 is 12.1 Å². The minimum Gasteiger partial charge on any atom is -0.477 e. The van der Waals surface area contributed by atoms with Crippen molar-refractivity contribution in [3.63, 3.8) is 0 Å². The third kappa shape index (κ3) is 6.32. The van der Waals surface area contributed by atoms with Crippen LogP contribution in [0.5, 0.6) is 0 Å². The number of carboxylic acid groups (broad SMARTS) is 1. The fraction of sp³-hybridized carbons (Fsp3) is 0.214. The van der Waals surface area contributed by atoms with Crippen LogP contribution in [0.2, 0.25) is 0 Å². The van der Waals surface area contributed by atoms with Gasteiger partial charge in [0.2, 0.25) is 0 Å². The van der Waals surface area contributed by atoms with E-state index in [4.69, 9.17) is 4.74 Å². The highest BCUT2D eigenvalue weighted by Gasteiger charge is 2.18. The Kier molecular flexibility index (Phi) is 7.24. The van der Waals surface area contributed by atoms with Crippen LogP contribution < -0.4 is 10.6 Å². The van der Waals surface area contributed by atoms with Crippen LogP contribution in [-0.4, -0.2) is 45.2 Å². The number of pyridine rings is 1. The van der Waals surface area contributed by atoms with Gasteiger partial charge in [-0.25, -0.2) is 9.59 Å². The number of fused-ring (bicyclic) bond motifs is 1. The molecular weight excluding hydrogens is 472 g/mol. The standard InChI is InChI=1S/C28H28N4O5/c1-28(2,3)37-27(36)30-14-9-17-7-8-18(25(33)31-19-10-12-29-13-11-19)15-21(17)20-5-4-6-23-22(20)16-24(32-23)26(34)35/h4-8,10-13,15-16,32H,9,14H2,1-3H3,(H,30,36)(H,34,35)(H,29,31,33). The lowest BCUT2D eigenvalue weighted by atomic mass is 9.93. The quantitative estimate of drug-likeness (QED) is 0.274. The molecule has 37 heavy (non-hydrogen) atoms. The predicted molar refractivity (Wildman–Crippen MR) is 141 cm³/mol. The number of aromatic nitrogens is 2. The number of hydrogen-bond donors (Lipinski definition) is 4. The summed E-state index contributed by atoms with van der Waals surface area (Å²) in [6.07, 6.45) is 3.14. The number of aromatic carboxylic acids is 1. The average Bonchev–Trinajstić information content (AvgIpc) is 3.29. The van der Waals surface area contributed by atoms with Gasteiger partial charge in [-0.05, 0) is 80.3 Å². The van der Waals surface area contributed by atoms with Crippen LogP contribution >= 0.6 is 0 Å². The summed E-state index contributed by atoms with van der Waals surface area (Å²) >= 11 is 0. The summed E-state index contributed by atoms with van der Waals surface area (Å²) in [5.74, 6) is -1.35. The zero-order valence-electron chi connectivity index (χ0n) is 20.8. The summed E-state index contributed by atoms with van der Waals surface area (Å²) in [5, 5.41) is 15.8. The SMILES string of the molecule is CC(C)(C)OC(=O)NCCc1ccc(C(=O)Nc2ccncc2)cc1-c1cccc2[nH]c(C(=O)O)cc12. The molecule has 190 valence electrons. The monoisotopic (exact) mass is 500 g/mol. The third-order valence-electron chi connectivity index (χ3n) is 5.56. The molecule has 9 nitrogen and oxygen atoms in total. The fourth-order valence-corrected chi connectivity index (χ4v) is 3.94. The molecule has 0 radical (unpaired) electrons. The van der Waals surface area contributed by atoms with Gasteiger partial charge in [-0.1, -0.05) is 18.2 Å². The first-order chi connectivity index (χ1) is 17.6. The van der Waals surface area contributed by atoms with Crippen molar-refractivity contribution >= 4 is 34.6 Å². The molecule has 9 heteroatoms. The number of aromatic amines is 1. The molecule has 0 atom stereocenters. The first-order valence-electron chi connectivity index (χ1n) is 11.8. The number of anilines is 1. The second-order valence-electron chi connectivity index (χ2n) is 9.50. The van der Waals surface area contributed by atoms with Crippen LogP contribution in [0.25, 0.3) is 22.0 Å². The second-order valence-corrected chi connectivity index (χ2v) is 9.50. The number of carbonyl (C=O) groups is 3. The third-order valence-corrected chi connectivity index (χ3v) is 5.56. The van der Waals surface area contributed by atoms with Gasteiger partial charge in [-0.2, -0.15) is 0 Å². The maximum absolute atomic E-state index is 13.0. The van der Waals surface area contributed by atoms with Crippen LogP contribution in [0.1, 0.15) is 47.2 Å². The molecule has 0 aliphatic carbocycles. The highest BCUT2D eigenvalue weighted by Crippen LogP contribution is 2.33. The predicted octanol–water partition coefficient (Wildman–Crippen LogP) is 5.25. The summed E-state index contributed by atoms with van der Waals surface area (Å²) in [6.45, 7) is 5.70. The number of benzene rings is 2. The summed E-state index contributed by atoms with van der Waals surface area (Å²) in [7, 11) is 0. The number of ether oxygens (including phenoxy) is 1. The molecule has 0 aliphatic heterocycles. The van der Waals surface area contributed by atoms with Gasteiger partial charge < -0.3 is 25.5 Å². The molecule has 0 bridgehead atoms. The fourth-order valence-electron chi connectivity index (χ4n) is 3.94. The Hall–Kier alpha value is -4.66. The second kappa shape index (κ2) is 10.5. The Bertz CT molecular complexity index is 1450. The van der Waals surface area contributed by atoms with Crippen molar-refractivity contribution in [3.05, 3.63) is 83.8 Å². The Morgan fingerprint density at radius 3 is 2.46 bits per heavy atom. The van der Waals surface area contributed by atoms with Gasteiger partial charge in [0.25, 0.3) is 5.91 Å². The maximum atomic E-state index is 13.0. The number of carbonyl (C=O) groups excluding carboxylic acids is 2. The van der Waals surface area contributed by atoms with Gasteiger partial charge in [0, 0.05) is 41.1 Å². The molecule has 4 rings (SSSR count). The van der Waals surface area contributed by atoms with Crippen molar-refractivity contribution in [2.75, 3.05) is 11.9 Å². The molecule has 0 saturated carbocycles. The van der Waals surface area contributed by atoms with Crippen molar-refractivity contribution < 1.29 is 24.2 Å². The minimum absolute atomic E-state index is 0.0715. The number of hydrogen-bond acceptors (Lipinski definition) is 5. The molecule has 4 aromatic rings. The Balaban J connectivity index is 1.69. The average molecular weight is 501 g/mol. The smallest absolute Gasteiger partial charge is 0.407 e. The van der Waals surface area contributed by atoms with E-state index >= 15 is 0 Å². The highest BCUT2D eigenvalue weighted by atomic mass is 16.6. The van der Waals surface area contributed by atoms with E-state index in [2.05, 4.69) is 20.6 Å². The summed E-state index contributed by atoms with van der Waals surface area (Å²) in [5.41, 5.74) is 3.59. The Morgan fingerprint density at radius 2 is 1.76 bits per heavy atom. The summed E-state index contributed by atoms with van der Waals surface area (Å²) in [4.78, 5) is 43.6. The number of amides is 2.